The number of halogens is 1. The lowest BCUT2D eigenvalue weighted by Gasteiger charge is -2.15. The van der Waals surface area contributed by atoms with Gasteiger partial charge in [0, 0.05) is 16.7 Å². The van der Waals surface area contributed by atoms with E-state index in [1.807, 2.05) is 13.0 Å². The van der Waals surface area contributed by atoms with Crippen LogP contribution >= 0.6 is 23.4 Å². The van der Waals surface area contributed by atoms with E-state index in [-0.39, 0.29) is 18.6 Å². The molecule has 0 N–H and O–H groups in total. The lowest BCUT2D eigenvalue weighted by molar-refractivity contribution is -0.123. The van der Waals surface area contributed by atoms with Crippen LogP contribution in [-0.2, 0) is 17.8 Å². The van der Waals surface area contributed by atoms with Crippen molar-refractivity contribution < 1.29 is 28.5 Å². The molecule has 1 saturated heterocycles. The van der Waals surface area contributed by atoms with Gasteiger partial charge in [-0.3, -0.25) is 14.5 Å². The second-order valence-corrected chi connectivity index (χ2v) is 8.60. The molecule has 2 aliphatic rings. The molecular weight excluding hydrogens is 466 g/mol. The van der Waals surface area contributed by atoms with Crippen LogP contribution in [0.3, 0.4) is 0 Å². The third-order valence-electron chi connectivity index (χ3n) is 5.06. The number of hydrogen-bond acceptors (Lipinski definition) is 7. The molecule has 0 aromatic heterocycles. The van der Waals surface area contributed by atoms with Crippen LogP contribution in [0.1, 0.15) is 23.6 Å². The zero-order valence-corrected chi connectivity index (χ0v) is 19.8. The second-order valence-electron chi connectivity index (χ2n) is 7.20. The molecule has 0 atom stereocenters. The van der Waals surface area contributed by atoms with Crippen LogP contribution in [0.4, 0.5) is 4.79 Å². The highest BCUT2D eigenvalue weighted by atomic mass is 35.5. The van der Waals surface area contributed by atoms with Crippen molar-refractivity contribution in [2.75, 3.05) is 20.5 Å². The Bertz CT molecular complexity index is 1160. The Kier molecular flexibility index (Phi) is 6.85. The van der Waals surface area contributed by atoms with E-state index >= 15 is 0 Å². The fourth-order valence-corrected chi connectivity index (χ4v) is 4.66. The Labute approximate surface area is 200 Å². The van der Waals surface area contributed by atoms with E-state index in [1.165, 1.54) is 0 Å². The molecule has 7 nitrogen and oxygen atoms in total. The van der Waals surface area contributed by atoms with Crippen molar-refractivity contribution in [3.8, 4) is 23.0 Å². The number of nitrogens with zero attached hydrogens (tertiary/aromatic N) is 1. The number of allylic oxidation sites excluding steroid dienone is 1. The summed E-state index contributed by atoms with van der Waals surface area (Å²) in [7, 11) is 1.58. The third-order valence-corrected chi connectivity index (χ3v) is 6.32. The van der Waals surface area contributed by atoms with Gasteiger partial charge in [0.25, 0.3) is 11.1 Å². The average Bonchev–Trinajstić information content (AvgIpc) is 3.33. The minimum Gasteiger partial charge on any atom is -0.493 e. The van der Waals surface area contributed by atoms with Gasteiger partial charge in [-0.1, -0.05) is 17.7 Å². The van der Waals surface area contributed by atoms with Gasteiger partial charge in [0.1, 0.15) is 0 Å². The highest BCUT2D eigenvalue weighted by molar-refractivity contribution is 8.18. The predicted octanol–water partition coefficient (Wildman–Crippen LogP) is 5.44. The molecule has 0 aliphatic carbocycles. The first-order valence-corrected chi connectivity index (χ1v) is 11.4. The zero-order chi connectivity index (χ0) is 23.5. The van der Waals surface area contributed by atoms with Crippen molar-refractivity contribution in [3.05, 3.63) is 63.5 Å². The number of carbonyl (C=O) groups is 2. The zero-order valence-electron chi connectivity index (χ0n) is 18.2. The van der Waals surface area contributed by atoms with E-state index in [9.17, 15) is 9.59 Å². The molecule has 1 fully saturated rings. The van der Waals surface area contributed by atoms with Crippen LogP contribution in [0, 0.1) is 0 Å². The Hall–Kier alpha value is -3.10. The summed E-state index contributed by atoms with van der Waals surface area (Å²) in [5.74, 6) is 1.88. The van der Waals surface area contributed by atoms with Crippen molar-refractivity contribution in [3.63, 3.8) is 0 Å². The van der Waals surface area contributed by atoms with Crippen LogP contribution in [0.15, 0.2) is 41.8 Å². The van der Waals surface area contributed by atoms with Gasteiger partial charge in [-0.15, -0.1) is 6.58 Å². The molecule has 2 aromatic rings. The van der Waals surface area contributed by atoms with Gasteiger partial charge in [0.2, 0.25) is 6.79 Å². The summed E-state index contributed by atoms with van der Waals surface area (Å²) in [5.41, 5.74) is 2.19. The van der Waals surface area contributed by atoms with Crippen LogP contribution in [0.25, 0.3) is 6.08 Å². The number of carbonyl (C=O) groups excluding carboxylic acids is 2. The SMILES string of the molecule is C=CCc1cc(/C=C2\SC(=O)N(Cc3cc4c(cc3Cl)OCO4)C2=O)cc(OCC)c1OC. The fraction of sp³-hybridized carbons (Fsp3) is 0.250. The summed E-state index contributed by atoms with van der Waals surface area (Å²) in [6.07, 6.45) is 4.01. The van der Waals surface area contributed by atoms with Crippen molar-refractivity contribution in [1.82, 2.24) is 4.90 Å². The van der Waals surface area contributed by atoms with Crippen LogP contribution in [0.5, 0.6) is 23.0 Å². The molecule has 0 bridgehead atoms. The van der Waals surface area contributed by atoms with Gasteiger partial charge >= 0.3 is 0 Å². The first-order valence-electron chi connectivity index (χ1n) is 10.2. The van der Waals surface area contributed by atoms with Gasteiger partial charge in [-0.2, -0.15) is 0 Å². The van der Waals surface area contributed by atoms with Crippen molar-refractivity contribution in [2.24, 2.45) is 0 Å². The number of benzene rings is 2. The normalized spacial score (nSPS) is 16.0. The lowest BCUT2D eigenvalue weighted by Crippen LogP contribution is -2.27. The molecule has 2 amide bonds. The first-order chi connectivity index (χ1) is 15.9. The maximum atomic E-state index is 13.1. The van der Waals surface area contributed by atoms with Gasteiger partial charge < -0.3 is 18.9 Å². The summed E-state index contributed by atoms with van der Waals surface area (Å²) in [4.78, 5) is 27.2. The van der Waals surface area contributed by atoms with Crippen LogP contribution < -0.4 is 18.9 Å². The van der Waals surface area contributed by atoms with Crippen molar-refractivity contribution >= 4 is 40.6 Å². The van der Waals surface area contributed by atoms with Crippen molar-refractivity contribution in [1.29, 1.82) is 0 Å². The molecule has 33 heavy (non-hydrogen) atoms. The number of amides is 2. The van der Waals surface area contributed by atoms with E-state index in [0.29, 0.717) is 51.5 Å². The molecule has 9 heteroatoms. The molecule has 4 rings (SSSR count). The largest absolute Gasteiger partial charge is 0.493 e. The molecule has 0 unspecified atom stereocenters. The smallest absolute Gasteiger partial charge is 0.293 e. The van der Waals surface area contributed by atoms with E-state index in [4.69, 9.17) is 30.5 Å². The number of fused-ring (bicyclic) bond motifs is 1. The second kappa shape index (κ2) is 9.80. The van der Waals surface area contributed by atoms with Crippen LogP contribution in [-0.4, -0.2) is 36.6 Å². The van der Waals surface area contributed by atoms with Crippen LogP contribution in [0.2, 0.25) is 5.02 Å². The van der Waals surface area contributed by atoms with Gasteiger partial charge in [0.05, 0.1) is 25.2 Å². The summed E-state index contributed by atoms with van der Waals surface area (Å²) < 4.78 is 21.9. The summed E-state index contributed by atoms with van der Waals surface area (Å²) in [5, 5.41) is 0.0256. The monoisotopic (exact) mass is 487 g/mol. The highest BCUT2D eigenvalue weighted by Crippen LogP contribution is 2.40. The minimum absolute atomic E-state index is 0.0337. The molecular formula is C24H22ClNO6S. The number of methoxy groups -OCH3 is 1. The van der Waals surface area contributed by atoms with E-state index < -0.39 is 5.91 Å². The topological polar surface area (TPSA) is 74.3 Å². The maximum absolute atomic E-state index is 13.1. The molecule has 0 spiro atoms. The average molecular weight is 488 g/mol. The summed E-state index contributed by atoms with van der Waals surface area (Å²) in [6, 6.07) is 7.00. The van der Waals surface area contributed by atoms with Gasteiger partial charge in [-0.05, 0) is 60.5 Å². The van der Waals surface area contributed by atoms with Gasteiger partial charge in [0.15, 0.2) is 23.0 Å². The Morgan fingerprint density at radius 1 is 1.18 bits per heavy atom. The van der Waals surface area contributed by atoms with E-state index in [2.05, 4.69) is 6.58 Å². The Morgan fingerprint density at radius 2 is 1.94 bits per heavy atom. The minimum atomic E-state index is -0.391. The third kappa shape index (κ3) is 4.67. The maximum Gasteiger partial charge on any atom is 0.293 e. The number of thioether (sulfide) groups is 1. The van der Waals surface area contributed by atoms with E-state index in [0.717, 1.165) is 27.8 Å². The fourth-order valence-electron chi connectivity index (χ4n) is 3.61. The predicted molar refractivity (Wildman–Crippen MR) is 127 cm³/mol. The number of imide groups is 1. The Balaban J connectivity index is 1.62. The molecule has 0 saturated carbocycles. The summed E-state index contributed by atoms with van der Waals surface area (Å²) in [6.45, 7) is 6.27. The highest BCUT2D eigenvalue weighted by Gasteiger charge is 2.36. The Morgan fingerprint density at radius 3 is 2.64 bits per heavy atom. The quantitative estimate of drug-likeness (QED) is 0.362. The summed E-state index contributed by atoms with van der Waals surface area (Å²) >= 11 is 7.21. The first kappa shape index (κ1) is 23.1. The van der Waals surface area contributed by atoms with Crippen molar-refractivity contribution in [2.45, 2.75) is 19.9 Å². The standard InChI is InChI=1S/C24H22ClNO6S/c1-4-6-15-7-14(8-20(30-5-2)22(15)29-3)9-21-23(27)26(24(28)33-21)12-16-10-18-19(11-17(16)25)32-13-31-18/h4,7-11H,1,5-6,12-13H2,2-3H3/b21-9-. The molecule has 0 radical (unpaired) electrons. The lowest BCUT2D eigenvalue weighted by atomic mass is 10.0. The number of ether oxygens (including phenoxy) is 4. The van der Waals surface area contributed by atoms with Gasteiger partial charge in [-0.25, -0.2) is 0 Å². The molecule has 2 aliphatic heterocycles. The molecule has 172 valence electrons. The number of rotatable bonds is 8. The van der Waals surface area contributed by atoms with E-state index in [1.54, 1.807) is 37.5 Å². The molecule has 2 heterocycles. The molecule has 2 aromatic carbocycles. The number of hydrogen-bond donors (Lipinski definition) is 0.